The van der Waals surface area contributed by atoms with Gasteiger partial charge in [0.15, 0.2) is 18.2 Å². The van der Waals surface area contributed by atoms with Crippen LogP contribution in [0.25, 0.3) is 0 Å². The minimum Gasteiger partial charge on any atom is -0.481 e. The maximum atomic E-state index is 13.7. The highest BCUT2D eigenvalue weighted by molar-refractivity contribution is 5.78. The van der Waals surface area contributed by atoms with Crippen LogP contribution >= 0.6 is 0 Å². The third-order valence-electron chi connectivity index (χ3n) is 4.95. The predicted molar refractivity (Wildman–Crippen MR) is 107 cm³/mol. The molecule has 1 aliphatic heterocycles. The van der Waals surface area contributed by atoms with Crippen molar-refractivity contribution in [3.63, 3.8) is 0 Å². The Morgan fingerprint density at radius 2 is 1.90 bits per heavy atom. The zero-order valence-electron chi connectivity index (χ0n) is 16.4. The molecule has 3 aromatic rings. The highest BCUT2D eigenvalue weighted by atomic mass is 19.1. The number of nitrogens with one attached hydrogen (secondary N) is 1. The predicted octanol–water partition coefficient (Wildman–Crippen LogP) is 4.38. The first-order chi connectivity index (χ1) is 15.0. The highest BCUT2D eigenvalue weighted by Gasteiger charge is 2.31. The standard InChI is InChI=1S/C22H19F3N4O2/c23-14-3-7-20(17(25)10-14)31-13-22(30)29-9-1-2-19(29)18-6-5-16(12-26-18)28-21-8-4-15(24)11-27-21/h3-8,10-12,19H,1-2,9,13H2,(H,27,28)/t19-/m1/s1. The highest BCUT2D eigenvalue weighted by Crippen LogP contribution is 2.31. The summed E-state index contributed by atoms with van der Waals surface area (Å²) >= 11 is 0. The van der Waals surface area contributed by atoms with Crippen molar-refractivity contribution in [3.05, 3.63) is 78.0 Å². The summed E-state index contributed by atoms with van der Waals surface area (Å²) < 4.78 is 44.9. The van der Waals surface area contributed by atoms with E-state index in [1.54, 1.807) is 17.2 Å². The molecule has 0 aliphatic carbocycles. The molecule has 6 nitrogen and oxygen atoms in total. The Bertz CT molecular complexity index is 1060. The normalized spacial score (nSPS) is 15.7. The molecule has 1 aromatic carbocycles. The number of rotatable bonds is 6. The first-order valence-electron chi connectivity index (χ1n) is 9.71. The maximum Gasteiger partial charge on any atom is 0.261 e. The fourth-order valence-electron chi connectivity index (χ4n) is 3.46. The zero-order valence-corrected chi connectivity index (χ0v) is 16.4. The number of ether oxygens (including phenoxy) is 1. The zero-order chi connectivity index (χ0) is 21.8. The van der Waals surface area contributed by atoms with Gasteiger partial charge in [-0.05, 0) is 49.2 Å². The lowest BCUT2D eigenvalue weighted by molar-refractivity contribution is -0.134. The molecular formula is C22H19F3N4O2. The molecular weight excluding hydrogens is 409 g/mol. The van der Waals surface area contributed by atoms with E-state index in [0.717, 1.165) is 36.9 Å². The first kappa shape index (κ1) is 20.6. The van der Waals surface area contributed by atoms with Crippen LogP contribution in [0.4, 0.5) is 24.7 Å². The Labute approximate surface area is 176 Å². The van der Waals surface area contributed by atoms with Crippen molar-refractivity contribution < 1.29 is 22.7 Å². The number of aromatic nitrogens is 2. The molecule has 1 fully saturated rings. The van der Waals surface area contributed by atoms with Gasteiger partial charge >= 0.3 is 0 Å². The number of hydrogen-bond donors (Lipinski definition) is 1. The molecule has 1 saturated heterocycles. The number of carbonyl (C=O) groups is 1. The number of likely N-dealkylation sites (tertiary alicyclic amines) is 1. The van der Waals surface area contributed by atoms with Crippen molar-refractivity contribution in [1.82, 2.24) is 14.9 Å². The van der Waals surface area contributed by atoms with Crippen molar-refractivity contribution in [2.75, 3.05) is 18.5 Å². The molecule has 0 bridgehead atoms. The number of carbonyl (C=O) groups excluding carboxylic acids is 1. The quantitative estimate of drug-likeness (QED) is 0.631. The van der Waals surface area contributed by atoms with Crippen molar-refractivity contribution in [1.29, 1.82) is 0 Å². The molecule has 1 N–H and O–H groups in total. The molecule has 2 aromatic heterocycles. The Kier molecular flexibility index (Phi) is 6.01. The second-order valence-corrected chi connectivity index (χ2v) is 7.07. The van der Waals surface area contributed by atoms with E-state index in [1.165, 1.54) is 12.1 Å². The number of benzene rings is 1. The Morgan fingerprint density at radius 1 is 1.06 bits per heavy atom. The molecule has 160 valence electrons. The Hall–Kier alpha value is -3.62. The lowest BCUT2D eigenvalue weighted by atomic mass is 10.1. The number of hydrogen-bond acceptors (Lipinski definition) is 5. The topological polar surface area (TPSA) is 67.3 Å². The number of anilines is 2. The van der Waals surface area contributed by atoms with Crippen molar-refractivity contribution in [2.45, 2.75) is 18.9 Å². The second kappa shape index (κ2) is 9.03. The maximum absolute atomic E-state index is 13.7. The monoisotopic (exact) mass is 428 g/mol. The van der Waals surface area contributed by atoms with Crippen molar-refractivity contribution in [3.8, 4) is 5.75 Å². The minimum atomic E-state index is -0.855. The van der Waals surface area contributed by atoms with E-state index in [2.05, 4.69) is 15.3 Å². The number of nitrogens with zero attached hydrogens (tertiary/aromatic N) is 3. The third-order valence-corrected chi connectivity index (χ3v) is 4.95. The molecule has 31 heavy (non-hydrogen) atoms. The van der Waals surface area contributed by atoms with E-state index in [0.29, 0.717) is 24.1 Å². The molecule has 4 rings (SSSR count). The van der Waals surface area contributed by atoms with Crippen LogP contribution in [-0.4, -0.2) is 33.9 Å². The summed E-state index contributed by atoms with van der Waals surface area (Å²) in [6.45, 7) is 0.189. The summed E-state index contributed by atoms with van der Waals surface area (Å²) in [6, 6.07) is 9.16. The van der Waals surface area contributed by atoms with E-state index in [9.17, 15) is 18.0 Å². The fraction of sp³-hybridized carbons (Fsp3) is 0.227. The SMILES string of the molecule is O=C(COc1ccc(F)cc1F)N1CCC[C@@H]1c1ccc(Nc2ccc(F)cn2)cn1. The summed E-state index contributed by atoms with van der Waals surface area (Å²) in [5.41, 5.74) is 1.39. The van der Waals surface area contributed by atoms with Gasteiger partial charge < -0.3 is 15.0 Å². The van der Waals surface area contributed by atoms with Crippen LogP contribution in [-0.2, 0) is 4.79 Å². The van der Waals surface area contributed by atoms with Gasteiger partial charge in [-0.15, -0.1) is 0 Å². The molecule has 3 heterocycles. The largest absolute Gasteiger partial charge is 0.481 e. The molecule has 1 atom stereocenters. The smallest absolute Gasteiger partial charge is 0.261 e. The molecule has 0 spiro atoms. The van der Waals surface area contributed by atoms with Crippen LogP contribution in [0.5, 0.6) is 5.75 Å². The Morgan fingerprint density at radius 3 is 2.61 bits per heavy atom. The number of amides is 1. The van der Waals surface area contributed by atoms with Crippen LogP contribution in [0, 0.1) is 17.5 Å². The third kappa shape index (κ3) is 4.93. The lowest BCUT2D eigenvalue weighted by Crippen LogP contribution is -2.34. The van der Waals surface area contributed by atoms with Gasteiger partial charge in [0.2, 0.25) is 0 Å². The summed E-state index contributed by atoms with van der Waals surface area (Å²) in [7, 11) is 0. The number of halogens is 3. The minimum absolute atomic E-state index is 0.173. The van der Waals surface area contributed by atoms with Crippen molar-refractivity contribution in [2.24, 2.45) is 0 Å². The summed E-state index contributed by atoms with van der Waals surface area (Å²) in [4.78, 5) is 22.7. The van der Waals surface area contributed by atoms with Gasteiger partial charge in [0.25, 0.3) is 5.91 Å². The molecule has 0 radical (unpaired) electrons. The molecule has 0 unspecified atom stereocenters. The van der Waals surface area contributed by atoms with Crippen LogP contribution in [0.3, 0.4) is 0 Å². The molecule has 0 saturated carbocycles. The molecule has 1 aliphatic rings. The lowest BCUT2D eigenvalue weighted by Gasteiger charge is -2.24. The van der Waals surface area contributed by atoms with Gasteiger partial charge in [0, 0.05) is 12.6 Å². The van der Waals surface area contributed by atoms with Gasteiger partial charge in [0.05, 0.1) is 29.8 Å². The molecule has 1 amide bonds. The summed E-state index contributed by atoms with van der Waals surface area (Å²) in [5.74, 6) is -1.98. The van der Waals surface area contributed by atoms with E-state index in [4.69, 9.17) is 4.74 Å². The van der Waals surface area contributed by atoms with Gasteiger partial charge in [-0.25, -0.2) is 18.2 Å². The average Bonchev–Trinajstić information content (AvgIpc) is 3.25. The van der Waals surface area contributed by atoms with Crippen LogP contribution in [0.2, 0.25) is 0 Å². The van der Waals surface area contributed by atoms with Crippen LogP contribution < -0.4 is 10.1 Å². The number of pyridine rings is 2. The summed E-state index contributed by atoms with van der Waals surface area (Å²) in [6.07, 6.45) is 4.29. The molecule has 9 heteroatoms. The van der Waals surface area contributed by atoms with Crippen molar-refractivity contribution >= 4 is 17.4 Å². The van der Waals surface area contributed by atoms with E-state index < -0.39 is 17.5 Å². The average molecular weight is 428 g/mol. The van der Waals surface area contributed by atoms with E-state index in [-0.39, 0.29) is 24.3 Å². The van der Waals surface area contributed by atoms with Gasteiger partial charge in [-0.3, -0.25) is 9.78 Å². The second-order valence-electron chi connectivity index (χ2n) is 7.07. The van der Waals surface area contributed by atoms with E-state index >= 15 is 0 Å². The van der Waals surface area contributed by atoms with E-state index in [1.807, 2.05) is 6.07 Å². The van der Waals surface area contributed by atoms with Crippen LogP contribution in [0.15, 0.2) is 54.9 Å². The first-order valence-corrected chi connectivity index (χ1v) is 9.71. The Balaban J connectivity index is 1.39. The summed E-state index contributed by atoms with van der Waals surface area (Å²) in [5, 5.41) is 3.03. The van der Waals surface area contributed by atoms with Gasteiger partial charge in [-0.2, -0.15) is 0 Å². The van der Waals surface area contributed by atoms with Crippen LogP contribution in [0.1, 0.15) is 24.6 Å². The van der Waals surface area contributed by atoms with Gasteiger partial charge in [-0.1, -0.05) is 0 Å². The van der Waals surface area contributed by atoms with Gasteiger partial charge in [0.1, 0.15) is 17.5 Å². The fourth-order valence-corrected chi connectivity index (χ4v) is 3.46.